The Hall–Kier alpha value is -1.10. The van der Waals surface area contributed by atoms with E-state index < -0.39 is 23.9 Å². The van der Waals surface area contributed by atoms with Crippen LogP contribution in [-0.4, -0.2) is 34.2 Å². The van der Waals surface area contributed by atoms with Gasteiger partial charge < -0.3 is 15.5 Å². The fourth-order valence-corrected chi connectivity index (χ4v) is 2.96. The Bertz CT molecular complexity index is 329. The molecule has 1 fully saturated rings. The first-order valence-corrected chi connectivity index (χ1v) is 7.06. The quantitative estimate of drug-likeness (QED) is 0.681. The van der Waals surface area contributed by atoms with Gasteiger partial charge in [0.1, 0.15) is 0 Å². The number of hydrogen-bond donors (Lipinski definition) is 3. The number of aliphatic carboxylic acids is 1. The van der Waals surface area contributed by atoms with Gasteiger partial charge in [0.25, 0.3) is 0 Å². The zero-order valence-corrected chi connectivity index (χ0v) is 11.9. The first-order valence-electron chi connectivity index (χ1n) is 7.06. The van der Waals surface area contributed by atoms with Crippen LogP contribution in [0.4, 0.5) is 0 Å². The number of rotatable bonds is 6. The van der Waals surface area contributed by atoms with E-state index in [4.69, 9.17) is 0 Å². The van der Waals surface area contributed by atoms with E-state index in [1.165, 1.54) is 0 Å². The fourth-order valence-electron chi connectivity index (χ4n) is 2.96. The molecule has 0 heterocycles. The number of carboxylic acid groups (broad SMARTS) is 1. The lowest BCUT2D eigenvalue weighted by Gasteiger charge is -2.20. The molecule has 5 unspecified atom stereocenters. The van der Waals surface area contributed by atoms with E-state index in [9.17, 15) is 19.8 Å². The van der Waals surface area contributed by atoms with Gasteiger partial charge in [0.15, 0.2) is 0 Å². The second-order valence-corrected chi connectivity index (χ2v) is 5.79. The molecule has 110 valence electrons. The highest BCUT2D eigenvalue weighted by molar-refractivity contribution is 5.85. The monoisotopic (exact) mass is 271 g/mol. The molecule has 0 spiro atoms. The second kappa shape index (κ2) is 6.89. The zero-order chi connectivity index (χ0) is 14.6. The van der Waals surface area contributed by atoms with Crippen LogP contribution in [0.2, 0.25) is 0 Å². The van der Waals surface area contributed by atoms with Crippen molar-refractivity contribution in [2.45, 2.75) is 58.6 Å². The molecule has 1 aliphatic carbocycles. The summed E-state index contributed by atoms with van der Waals surface area (Å²) in [7, 11) is 0. The summed E-state index contributed by atoms with van der Waals surface area (Å²) in [4.78, 5) is 23.4. The van der Waals surface area contributed by atoms with Crippen LogP contribution in [0.15, 0.2) is 0 Å². The van der Waals surface area contributed by atoms with Crippen molar-refractivity contribution in [3.63, 3.8) is 0 Å². The molecule has 0 aliphatic heterocycles. The molecule has 3 N–H and O–H groups in total. The topological polar surface area (TPSA) is 86.6 Å². The molecular weight excluding hydrogens is 246 g/mol. The molecule has 1 rings (SSSR count). The van der Waals surface area contributed by atoms with E-state index in [2.05, 4.69) is 5.32 Å². The van der Waals surface area contributed by atoms with Crippen molar-refractivity contribution >= 4 is 11.9 Å². The SMILES string of the molecule is CCC1CC(C(=O)O)C(C(=O)NC(C)CC(C)O)C1. The Morgan fingerprint density at radius 3 is 2.32 bits per heavy atom. The molecule has 19 heavy (non-hydrogen) atoms. The summed E-state index contributed by atoms with van der Waals surface area (Å²) < 4.78 is 0. The van der Waals surface area contributed by atoms with Crippen LogP contribution in [0.25, 0.3) is 0 Å². The lowest BCUT2D eigenvalue weighted by molar-refractivity contribution is -0.146. The van der Waals surface area contributed by atoms with Gasteiger partial charge >= 0.3 is 5.97 Å². The molecule has 0 bridgehead atoms. The van der Waals surface area contributed by atoms with Gasteiger partial charge in [0, 0.05) is 6.04 Å². The largest absolute Gasteiger partial charge is 0.481 e. The van der Waals surface area contributed by atoms with E-state index in [0.29, 0.717) is 25.2 Å². The Morgan fingerprint density at radius 1 is 1.26 bits per heavy atom. The van der Waals surface area contributed by atoms with Gasteiger partial charge in [-0.1, -0.05) is 13.3 Å². The van der Waals surface area contributed by atoms with Gasteiger partial charge in [-0.15, -0.1) is 0 Å². The molecule has 0 aromatic rings. The Balaban J connectivity index is 2.61. The minimum Gasteiger partial charge on any atom is -0.481 e. The van der Waals surface area contributed by atoms with E-state index in [1.54, 1.807) is 6.92 Å². The van der Waals surface area contributed by atoms with Crippen molar-refractivity contribution in [1.29, 1.82) is 0 Å². The molecule has 0 aromatic carbocycles. The maximum Gasteiger partial charge on any atom is 0.307 e. The van der Waals surface area contributed by atoms with Gasteiger partial charge in [0.2, 0.25) is 5.91 Å². The van der Waals surface area contributed by atoms with Crippen LogP contribution in [-0.2, 0) is 9.59 Å². The highest BCUT2D eigenvalue weighted by Gasteiger charge is 2.42. The van der Waals surface area contributed by atoms with Gasteiger partial charge in [-0.05, 0) is 39.0 Å². The molecule has 0 saturated heterocycles. The number of amides is 1. The van der Waals surface area contributed by atoms with Gasteiger partial charge in [-0.2, -0.15) is 0 Å². The first-order chi connectivity index (χ1) is 8.85. The first kappa shape index (κ1) is 16.0. The fraction of sp³-hybridized carbons (Fsp3) is 0.857. The third-order valence-electron chi connectivity index (χ3n) is 3.97. The summed E-state index contributed by atoms with van der Waals surface area (Å²) in [6, 6.07) is -0.136. The lowest BCUT2D eigenvalue weighted by atomic mass is 9.95. The highest BCUT2D eigenvalue weighted by atomic mass is 16.4. The summed E-state index contributed by atoms with van der Waals surface area (Å²) in [6.07, 6.45) is 2.16. The van der Waals surface area contributed by atoms with Crippen LogP contribution in [0.3, 0.4) is 0 Å². The summed E-state index contributed by atoms with van der Waals surface area (Å²) in [5.74, 6) is -1.73. The maximum absolute atomic E-state index is 12.2. The number of hydrogen-bond acceptors (Lipinski definition) is 3. The third kappa shape index (κ3) is 4.49. The van der Waals surface area contributed by atoms with Crippen LogP contribution in [0.1, 0.15) is 46.5 Å². The van der Waals surface area contributed by atoms with Gasteiger partial charge in [0.05, 0.1) is 17.9 Å². The Kier molecular flexibility index (Phi) is 5.79. The van der Waals surface area contributed by atoms with E-state index in [-0.39, 0.29) is 11.9 Å². The van der Waals surface area contributed by atoms with Crippen molar-refractivity contribution in [3.8, 4) is 0 Å². The second-order valence-electron chi connectivity index (χ2n) is 5.79. The summed E-state index contributed by atoms with van der Waals surface area (Å²) >= 11 is 0. The summed E-state index contributed by atoms with van der Waals surface area (Å²) in [6.45, 7) is 5.53. The number of aliphatic hydroxyl groups excluding tert-OH is 1. The number of carbonyl (C=O) groups is 2. The molecule has 1 amide bonds. The lowest BCUT2D eigenvalue weighted by Crippen LogP contribution is -2.41. The molecule has 5 atom stereocenters. The number of nitrogens with one attached hydrogen (secondary N) is 1. The van der Waals surface area contributed by atoms with Crippen LogP contribution < -0.4 is 5.32 Å². The average molecular weight is 271 g/mol. The number of carboxylic acids is 1. The molecule has 1 saturated carbocycles. The standard InChI is InChI=1S/C14H25NO4/c1-4-10-6-11(12(7-10)14(18)19)13(17)15-8(2)5-9(3)16/h8-12,16H,4-7H2,1-3H3,(H,15,17)(H,18,19). The molecule has 1 aliphatic rings. The van der Waals surface area contributed by atoms with Gasteiger partial charge in [-0.25, -0.2) is 0 Å². The van der Waals surface area contributed by atoms with Crippen molar-refractivity contribution in [2.75, 3.05) is 0 Å². The minimum atomic E-state index is -0.876. The van der Waals surface area contributed by atoms with Crippen molar-refractivity contribution < 1.29 is 19.8 Å². The maximum atomic E-state index is 12.2. The molecular formula is C14H25NO4. The average Bonchev–Trinajstić information content (AvgIpc) is 2.71. The van der Waals surface area contributed by atoms with E-state index in [0.717, 1.165) is 6.42 Å². The minimum absolute atomic E-state index is 0.136. The molecule has 0 aromatic heterocycles. The smallest absolute Gasteiger partial charge is 0.307 e. The normalized spacial score (nSPS) is 29.8. The summed E-state index contributed by atoms with van der Waals surface area (Å²) in [5, 5.41) is 21.3. The number of aliphatic hydroxyl groups is 1. The van der Waals surface area contributed by atoms with Crippen molar-refractivity contribution in [2.24, 2.45) is 17.8 Å². The molecule has 5 heteroatoms. The van der Waals surface area contributed by atoms with Crippen LogP contribution in [0, 0.1) is 17.8 Å². The third-order valence-corrected chi connectivity index (χ3v) is 3.97. The van der Waals surface area contributed by atoms with E-state index in [1.807, 2.05) is 13.8 Å². The predicted octanol–water partition coefficient (Wildman–Crippen LogP) is 1.40. The van der Waals surface area contributed by atoms with Gasteiger partial charge in [-0.3, -0.25) is 9.59 Å². The van der Waals surface area contributed by atoms with E-state index >= 15 is 0 Å². The molecule has 5 nitrogen and oxygen atoms in total. The van der Waals surface area contributed by atoms with Crippen molar-refractivity contribution in [1.82, 2.24) is 5.32 Å². The zero-order valence-electron chi connectivity index (χ0n) is 11.9. The van der Waals surface area contributed by atoms with Crippen LogP contribution in [0.5, 0.6) is 0 Å². The predicted molar refractivity (Wildman–Crippen MR) is 71.5 cm³/mol. The van der Waals surface area contributed by atoms with Crippen molar-refractivity contribution in [3.05, 3.63) is 0 Å². The Labute approximate surface area is 114 Å². The Morgan fingerprint density at radius 2 is 1.84 bits per heavy atom. The highest BCUT2D eigenvalue weighted by Crippen LogP contribution is 2.38. The van der Waals surface area contributed by atoms with Crippen LogP contribution >= 0.6 is 0 Å². The molecule has 0 radical (unpaired) electrons. The number of carbonyl (C=O) groups excluding carboxylic acids is 1. The summed E-state index contributed by atoms with van der Waals surface area (Å²) in [5.41, 5.74) is 0.